The van der Waals surface area contributed by atoms with Crippen LogP contribution >= 0.6 is 11.3 Å². The minimum Gasteiger partial charge on any atom is -0.322 e. The Morgan fingerprint density at radius 1 is 1.19 bits per heavy atom. The number of amides is 1. The number of rotatable bonds is 4. The molecule has 31 heavy (non-hydrogen) atoms. The van der Waals surface area contributed by atoms with Crippen LogP contribution < -0.4 is 5.32 Å². The maximum absolute atomic E-state index is 12.6. The standard InChI is InChI=1S/C22H17N7OS/c30-22(16-8-9-18(23-12-16)21-26-28-29-27-21)24-17-6-1-3-14(11-17)7-10-20-25-19(13-31-20)15-4-2-5-15/h1,3,6,8-9,11-13,15H,2,4-5H2,(H,24,30)(H,26,27,28,29). The predicted molar refractivity (Wildman–Crippen MR) is 116 cm³/mol. The van der Waals surface area contributed by atoms with Crippen LogP contribution in [0.15, 0.2) is 48.0 Å². The molecule has 1 aromatic carbocycles. The zero-order valence-electron chi connectivity index (χ0n) is 16.4. The highest BCUT2D eigenvalue weighted by molar-refractivity contribution is 7.10. The van der Waals surface area contributed by atoms with Crippen LogP contribution in [0, 0.1) is 11.8 Å². The molecule has 0 aliphatic heterocycles. The van der Waals surface area contributed by atoms with Crippen molar-refractivity contribution >= 4 is 22.9 Å². The highest BCUT2D eigenvalue weighted by Crippen LogP contribution is 2.36. The van der Waals surface area contributed by atoms with Crippen molar-refractivity contribution in [1.29, 1.82) is 0 Å². The van der Waals surface area contributed by atoms with E-state index in [-0.39, 0.29) is 5.91 Å². The summed E-state index contributed by atoms with van der Waals surface area (Å²) < 4.78 is 0. The van der Waals surface area contributed by atoms with E-state index in [1.807, 2.05) is 24.3 Å². The lowest BCUT2D eigenvalue weighted by Crippen LogP contribution is -2.12. The van der Waals surface area contributed by atoms with Gasteiger partial charge in [0.2, 0.25) is 5.82 Å². The van der Waals surface area contributed by atoms with Crippen molar-refractivity contribution in [2.45, 2.75) is 25.2 Å². The molecule has 1 amide bonds. The average Bonchev–Trinajstić information content (AvgIpc) is 3.44. The van der Waals surface area contributed by atoms with Gasteiger partial charge in [-0.25, -0.2) is 4.98 Å². The number of tetrazole rings is 1. The van der Waals surface area contributed by atoms with Gasteiger partial charge in [0.15, 0.2) is 5.01 Å². The maximum atomic E-state index is 12.6. The number of hydrogen-bond donors (Lipinski definition) is 2. The van der Waals surface area contributed by atoms with Gasteiger partial charge in [-0.1, -0.05) is 18.4 Å². The smallest absolute Gasteiger partial charge is 0.257 e. The van der Waals surface area contributed by atoms with Crippen molar-refractivity contribution < 1.29 is 4.79 Å². The van der Waals surface area contributed by atoms with E-state index in [4.69, 9.17) is 0 Å². The molecule has 4 aromatic rings. The molecule has 1 saturated carbocycles. The summed E-state index contributed by atoms with van der Waals surface area (Å²) in [5.41, 5.74) is 3.60. The van der Waals surface area contributed by atoms with Gasteiger partial charge in [-0.2, -0.15) is 5.21 Å². The van der Waals surface area contributed by atoms with Crippen LogP contribution in [0.3, 0.4) is 0 Å². The van der Waals surface area contributed by atoms with Gasteiger partial charge in [0.25, 0.3) is 5.91 Å². The van der Waals surface area contributed by atoms with Gasteiger partial charge in [0, 0.05) is 28.7 Å². The van der Waals surface area contributed by atoms with Crippen molar-refractivity contribution in [3.8, 4) is 23.4 Å². The summed E-state index contributed by atoms with van der Waals surface area (Å²) in [7, 11) is 0. The van der Waals surface area contributed by atoms with Crippen molar-refractivity contribution in [2.75, 3.05) is 5.32 Å². The monoisotopic (exact) mass is 427 g/mol. The number of benzene rings is 1. The van der Waals surface area contributed by atoms with Crippen LogP contribution in [0.4, 0.5) is 5.69 Å². The number of carbonyl (C=O) groups excluding carboxylic acids is 1. The number of thiazole rings is 1. The number of aromatic amines is 1. The zero-order valence-corrected chi connectivity index (χ0v) is 17.2. The van der Waals surface area contributed by atoms with E-state index >= 15 is 0 Å². The van der Waals surface area contributed by atoms with E-state index in [2.05, 4.69) is 53.1 Å². The van der Waals surface area contributed by atoms with Crippen LogP contribution in [-0.4, -0.2) is 36.5 Å². The molecule has 5 rings (SSSR count). The van der Waals surface area contributed by atoms with Crippen molar-refractivity contribution in [1.82, 2.24) is 30.6 Å². The molecule has 0 bridgehead atoms. The number of carbonyl (C=O) groups is 1. The first-order chi connectivity index (χ1) is 15.2. The molecule has 2 N–H and O–H groups in total. The topological polar surface area (TPSA) is 109 Å². The molecule has 0 atom stereocenters. The van der Waals surface area contributed by atoms with Crippen LogP contribution in [0.25, 0.3) is 11.5 Å². The molecular formula is C22H17N7OS. The Morgan fingerprint density at radius 3 is 2.87 bits per heavy atom. The fourth-order valence-corrected chi connectivity index (χ4v) is 3.92. The molecular weight excluding hydrogens is 410 g/mol. The fraction of sp³-hybridized carbons (Fsp3) is 0.182. The zero-order chi connectivity index (χ0) is 21.0. The number of aromatic nitrogens is 6. The first kappa shape index (κ1) is 19.1. The third-order valence-corrected chi connectivity index (χ3v) is 5.86. The summed E-state index contributed by atoms with van der Waals surface area (Å²) >= 11 is 1.58. The first-order valence-electron chi connectivity index (χ1n) is 9.83. The molecule has 3 heterocycles. The highest BCUT2D eigenvalue weighted by Gasteiger charge is 2.21. The van der Waals surface area contributed by atoms with E-state index in [1.165, 1.54) is 31.2 Å². The van der Waals surface area contributed by atoms with Gasteiger partial charge in [0.1, 0.15) is 5.69 Å². The maximum Gasteiger partial charge on any atom is 0.257 e. The van der Waals surface area contributed by atoms with E-state index in [9.17, 15) is 4.79 Å². The van der Waals surface area contributed by atoms with Gasteiger partial charge >= 0.3 is 0 Å². The number of H-pyrrole nitrogens is 1. The lowest BCUT2D eigenvalue weighted by atomic mass is 9.83. The second-order valence-electron chi connectivity index (χ2n) is 7.16. The minimum absolute atomic E-state index is 0.262. The van der Waals surface area contributed by atoms with Gasteiger partial charge in [-0.15, -0.1) is 21.5 Å². The molecule has 0 saturated heterocycles. The molecule has 8 nitrogen and oxygen atoms in total. The second kappa shape index (κ2) is 8.45. The fourth-order valence-electron chi connectivity index (χ4n) is 3.17. The molecule has 3 aromatic heterocycles. The Morgan fingerprint density at radius 2 is 2.13 bits per heavy atom. The summed E-state index contributed by atoms with van der Waals surface area (Å²) in [6.45, 7) is 0. The summed E-state index contributed by atoms with van der Waals surface area (Å²) in [5, 5.41) is 19.4. The molecule has 0 radical (unpaired) electrons. The third kappa shape index (κ3) is 4.34. The van der Waals surface area contributed by atoms with E-state index in [1.54, 1.807) is 23.5 Å². The van der Waals surface area contributed by atoms with E-state index in [0.717, 1.165) is 10.6 Å². The van der Waals surface area contributed by atoms with Gasteiger partial charge in [0.05, 0.1) is 11.3 Å². The largest absolute Gasteiger partial charge is 0.322 e. The quantitative estimate of drug-likeness (QED) is 0.481. The van der Waals surface area contributed by atoms with E-state index < -0.39 is 0 Å². The first-order valence-corrected chi connectivity index (χ1v) is 10.7. The Balaban J connectivity index is 1.26. The summed E-state index contributed by atoms with van der Waals surface area (Å²) in [5.74, 6) is 6.99. The number of nitrogens with zero attached hydrogens (tertiary/aromatic N) is 5. The van der Waals surface area contributed by atoms with Crippen molar-refractivity contribution in [2.24, 2.45) is 0 Å². The number of pyridine rings is 1. The molecule has 1 aliphatic rings. The van der Waals surface area contributed by atoms with Crippen molar-refractivity contribution in [3.05, 3.63) is 69.8 Å². The summed E-state index contributed by atoms with van der Waals surface area (Å²) in [4.78, 5) is 21.4. The molecule has 1 fully saturated rings. The third-order valence-electron chi connectivity index (χ3n) is 5.08. The van der Waals surface area contributed by atoms with Crippen LogP contribution in [-0.2, 0) is 0 Å². The Kier molecular flexibility index (Phi) is 5.21. The lowest BCUT2D eigenvalue weighted by molar-refractivity contribution is 0.102. The minimum atomic E-state index is -0.262. The Hall–Kier alpha value is -3.90. The second-order valence-corrected chi connectivity index (χ2v) is 8.02. The average molecular weight is 427 g/mol. The number of hydrogen-bond acceptors (Lipinski definition) is 7. The van der Waals surface area contributed by atoms with Gasteiger partial charge < -0.3 is 5.32 Å². The Bertz CT molecular complexity index is 1270. The molecule has 152 valence electrons. The molecule has 1 aliphatic carbocycles. The summed E-state index contributed by atoms with van der Waals surface area (Å²) in [6.07, 6.45) is 5.23. The predicted octanol–water partition coefficient (Wildman–Crippen LogP) is 3.64. The molecule has 9 heteroatoms. The van der Waals surface area contributed by atoms with E-state index in [0.29, 0.717) is 28.7 Å². The van der Waals surface area contributed by atoms with Gasteiger partial charge in [-0.3, -0.25) is 9.78 Å². The molecule has 0 unspecified atom stereocenters. The Labute approximate surface area is 182 Å². The number of nitrogens with one attached hydrogen (secondary N) is 2. The molecule has 0 spiro atoms. The highest BCUT2D eigenvalue weighted by atomic mass is 32.1. The van der Waals surface area contributed by atoms with Gasteiger partial charge in [-0.05, 0) is 54.3 Å². The van der Waals surface area contributed by atoms with Crippen LogP contribution in [0.2, 0.25) is 0 Å². The van der Waals surface area contributed by atoms with Crippen LogP contribution in [0.5, 0.6) is 0 Å². The summed E-state index contributed by atoms with van der Waals surface area (Å²) in [6, 6.07) is 10.8. The van der Waals surface area contributed by atoms with Crippen LogP contribution in [0.1, 0.15) is 51.8 Å². The normalized spacial score (nSPS) is 13.2. The SMILES string of the molecule is O=C(Nc1cccc(C#Cc2nc(C3CCC3)cs2)c1)c1ccc(-c2nn[nH]n2)nc1. The van der Waals surface area contributed by atoms with Crippen molar-refractivity contribution in [3.63, 3.8) is 0 Å². The lowest BCUT2D eigenvalue weighted by Gasteiger charge is -2.22. The number of anilines is 1.